The van der Waals surface area contributed by atoms with Crippen LogP contribution < -0.4 is 4.74 Å². The average molecular weight is 535 g/mol. The molecule has 37 heavy (non-hydrogen) atoms. The van der Waals surface area contributed by atoms with Gasteiger partial charge in [-0.3, -0.25) is 4.79 Å². The van der Waals surface area contributed by atoms with E-state index < -0.39 is 34.6 Å². The Morgan fingerprint density at radius 1 is 0.622 bits per heavy atom. The van der Waals surface area contributed by atoms with Crippen molar-refractivity contribution in [1.29, 1.82) is 0 Å². The first-order valence-corrected chi connectivity index (χ1v) is 11.2. The SMILES string of the molecule is O=C(c1ccc(Cl)cc1)c1ccc(Oc2ccccc2C(c2ccccc2)(C(F)(F)F)C(F)(F)F)cc1. The number of carbonyl (C=O) groups is 1. The van der Waals surface area contributed by atoms with Crippen molar-refractivity contribution in [3.63, 3.8) is 0 Å². The summed E-state index contributed by atoms with van der Waals surface area (Å²) in [5.41, 5.74) is -5.85. The van der Waals surface area contributed by atoms with E-state index >= 15 is 0 Å². The van der Waals surface area contributed by atoms with Gasteiger partial charge in [0.05, 0.1) is 0 Å². The van der Waals surface area contributed by atoms with Crippen LogP contribution in [0, 0.1) is 0 Å². The summed E-state index contributed by atoms with van der Waals surface area (Å²) in [6.45, 7) is 0. The number of hydrogen-bond acceptors (Lipinski definition) is 2. The summed E-state index contributed by atoms with van der Waals surface area (Å²) in [4.78, 5) is 12.7. The van der Waals surface area contributed by atoms with E-state index in [1.54, 1.807) is 12.1 Å². The first-order valence-electron chi connectivity index (χ1n) is 10.8. The number of ether oxygens (including phenoxy) is 1. The van der Waals surface area contributed by atoms with Crippen LogP contribution in [0.25, 0.3) is 0 Å². The zero-order valence-electron chi connectivity index (χ0n) is 18.8. The van der Waals surface area contributed by atoms with Crippen LogP contribution in [0.1, 0.15) is 27.0 Å². The highest BCUT2D eigenvalue weighted by atomic mass is 35.5. The topological polar surface area (TPSA) is 26.3 Å². The summed E-state index contributed by atoms with van der Waals surface area (Å²) in [6.07, 6.45) is -11.5. The van der Waals surface area contributed by atoms with Gasteiger partial charge in [0.2, 0.25) is 5.41 Å². The highest BCUT2D eigenvalue weighted by Gasteiger charge is 2.73. The Labute approximate surface area is 213 Å². The predicted octanol–water partition coefficient (Wildman–Crippen LogP) is 8.77. The second-order valence-electron chi connectivity index (χ2n) is 8.07. The number of carbonyl (C=O) groups excluding carboxylic acids is 1. The van der Waals surface area contributed by atoms with Crippen molar-refractivity contribution in [2.24, 2.45) is 0 Å². The summed E-state index contributed by atoms with van der Waals surface area (Å²) in [7, 11) is 0. The quantitative estimate of drug-likeness (QED) is 0.182. The highest BCUT2D eigenvalue weighted by molar-refractivity contribution is 6.30. The molecule has 9 heteroatoms. The summed E-state index contributed by atoms with van der Waals surface area (Å²) in [5, 5.41) is 0.447. The molecule has 0 amide bonds. The first kappa shape index (κ1) is 26.3. The highest BCUT2D eigenvalue weighted by Crippen LogP contribution is 2.58. The van der Waals surface area contributed by atoms with E-state index in [9.17, 15) is 31.1 Å². The molecule has 0 fully saturated rings. The first-order chi connectivity index (χ1) is 17.4. The van der Waals surface area contributed by atoms with E-state index in [4.69, 9.17) is 16.3 Å². The molecule has 4 aromatic carbocycles. The second-order valence-corrected chi connectivity index (χ2v) is 8.51. The molecule has 0 atom stereocenters. The molecule has 0 aliphatic heterocycles. The third kappa shape index (κ3) is 4.93. The third-order valence-electron chi connectivity index (χ3n) is 5.80. The van der Waals surface area contributed by atoms with Crippen molar-refractivity contribution in [2.75, 3.05) is 0 Å². The molecule has 0 saturated heterocycles. The molecule has 0 aliphatic rings. The molecule has 0 saturated carbocycles. The summed E-state index contributed by atoms with van der Waals surface area (Å²) in [5.74, 6) is -1.02. The number of alkyl halides is 6. The normalized spacial score (nSPS) is 12.3. The van der Waals surface area contributed by atoms with Crippen LogP contribution in [-0.2, 0) is 5.41 Å². The monoisotopic (exact) mass is 534 g/mol. The van der Waals surface area contributed by atoms with Crippen molar-refractivity contribution < 1.29 is 35.9 Å². The Balaban J connectivity index is 1.76. The Morgan fingerprint density at radius 3 is 1.65 bits per heavy atom. The largest absolute Gasteiger partial charge is 0.457 e. The summed E-state index contributed by atoms with van der Waals surface area (Å²) >= 11 is 5.83. The van der Waals surface area contributed by atoms with Crippen LogP contribution in [0.5, 0.6) is 11.5 Å². The number of ketones is 1. The second kappa shape index (κ2) is 9.94. The molecule has 0 N–H and O–H groups in total. The van der Waals surface area contributed by atoms with Crippen LogP contribution >= 0.6 is 11.6 Å². The minimum Gasteiger partial charge on any atom is -0.457 e. The maximum atomic E-state index is 14.5. The van der Waals surface area contributed by atoms with Gasteiger partial charge in [0.25, 0.3) is 0 Å². The molecule has 2 nitrogen and oxygen atoms in total. The smallest absolute Gasteiger partial charge is 0.411 e. The van der Waals surface area contributed by atoms with Crippen LogP contribution in [0.15, 0.2) is 103 Å². The number of benzene rings is 4. The van der Waals surface area contributed by atoms with E-state index in [2.05, 4.69) is 0 Å². The van der Waals surface area contributed by atoms with E-state index in [-0.39, 0.29) is 17.1 Å². The van der Waals surface area contributed by atoms with Gasteiger partial charge in [0.1, 0.15) is 11.5 Å². The predicted molar refractivity (Wildman–Crippen MR) is 127 cm³/mol. The van der Waals surface area contributed by atoms with E-state index in [0.29, 0.717) is 10.6 Å². The average Bonchev–Trinajstić information content (AvgIpc) is 2.85. The molecule has 4 rings (SSSR count). The molecular weight excluding hydrogens is 518 g/mol. The zero-order valence-corrected chi connectivity index (χ0v) is 19.5. The number of hydrogen-bond donors (Lipinski definition) is 0. The van der Waals surface area contributed by atoms with Gasteiger partial charge in [-0.15, -0.1) is 0 Å². The Bertz CT molecular complexity index is 1370. The molecule has 0 bridgehead atoms. The van der Waals surface area contributed by atoms with Crippen LogP contribution in [0.4, 0.5) is 26.3 Å². The lowest BCUT2D eigenvalue weighted by Crippen LogP contribution is -2.54. The minimum atomic E-state index is -5.75. The van der Waals surface area contributed by atoms with Gasteiger partial charge in [0.15, 0.2) is 5.78 Å². The van der Waals surface area contributed by atoms with E-state index in [1.165, 1.54) is 48.5 Å². The van der Waals surface area contributed by atoms with Gasteiger partial charge in [0, 0.05) is 21.7 Å². The van der Waals surface area contributed by atoms with Crippen LogP contribution in [0.3, 0.4) is 0 Å². The molecule has 0 aromatic heterocycles. The molecule has 0 heterocycles. The van der Waals surface area contributed by atoms with Gasteiger partial charge in [-0.1, -0.05) is 60.1 Å². The molecule has 4 aromatic rings. The van der Waals surface area contributed by atoms with Crippen molar-refractivity contribution >= 4 is 17.4 Å². The van der Waals surface area contributed by atoms with Gasteiger partial charge in [-0.2, -0.15) is 26.3 Å². The number of rotatable bonds is 6. The lowest BCUT2D eigenvalue weighted by molar-refractivity contribution is -0.288. The standard InChI is InChI=1S/C28H17ClF6O2/c29-21-14-10-18(11-15-21)25(36)19-12-16-22(17-13-19)37-24-9-5-4-8-23(24)26(27(30,31)32,28(33,34)35)20-6-2-1-3-7-20/h1-17H. The molecule has 190 valence electrons. The lowest BCUT2D eigenvalue weighted by atomic mass is 9.72. The fraction of sp³-hybridized carbons (Fsp3) is 0.107. The Kier molecular flexibility index (Phi) is 7.06. The number of para-hydroxylation sites is 1. The number of halogens is 7. The molecule has 0 aliphatic carbocycles. The third-order valence-corrected chi connectivity index (χ3v) is 6.05. The maximum Gasteiger partial charge on any atom is 0.411 e. The van der Waals surface area contributed by atoms with Crippen LogP contribution in [-0.4, -0.2) is 18.1 Å². The molecular formula is C28H17ClF6O2. The molecule has 0 spiro atoms. The zero-order chi connectivity index (χ0) is 26.8. The van der Waals surface area contributed by atoms with Crippen molar-refractivity contribution in [3.8, 4) is 11.5 Å². The summed E-state index contributed by atoms with van der Waals surface area (Å²) in [6, 6.07) is 20.8. The lowest BCUT2D eigenvalue weighted by Gasteiger charge is -2.39. The maximum absolute atomic E-state index is 14.5. The van der Waals surface area contributed by atoms with Gasteiger partial charge >= 0.3 is 12.4 Å². The Morgan fingerprint density at radius 2 is 1.11 bits per heavy atom. The van der Waals surface area contributed by atoms with Gasteiger partial charge < -0.3 is 4.74 Å². The van der Waals surface area contributed by atoms with Crippen molar-refractivity contribution in [1.82, 2.24) is 0 Å². The van der Waals surface area contributed by atoms with Crippen molar-refractivity contribution in [2.45, 2.75) is 17.8 Å². The van der Waals surface area contributed by atoms with Crippen molar-refractivity contribution in [3.05, 3.63) is 130 Å². The van der Waals surface area contributed by atoms with Crippen LogP contribution in [0.2, 0.25) is 5.02 Å². The fourth-order valence-electron chi connectivity index (χ4n) is 4.07. The van der Waals surface area contributed by atoms with Gasteiger partial charge in [-0.05, 0) is 60.2 Å². The van der Waals surface area contributed by atoms with Gasteiger partial charge in [-0.25, -0.2) is 0 Å². The van der Waals surface area contributed by atoms with E-state index in [1.807, 2.05) is 0 Å². The van der Waals surface area contributed by atoms with E-state index in [0.717, 1.165) is 42.5 Å². The Hall–Kier alpha value is -3.78. The molecule has 0 unspecified atom stereocenters. The minimum absolute atomic E-state index is 0.0496. The molecule has 0 radical (unpaired) electrons. The fourth-order valence-corrected chi connectivity index (χ4v) is 4.20. The summed E-state index contributed by atoms with van der Waals surface area (Å²) < 4.78 is 92.4.